The number of thioether (sulfide) groups is 1. The van der Waals surface area contributed by atoms with Crippen molar-refractivity contribution in [3.8, 4) is 5.75 Å². The molecule has 0 bridgehead atoms. The minimum Gasteiger partial charge on any atom is -0.507 e. The monoisotopic (exact) mass is 365 g/mol. The molecular formula is C15H15N3O6S. The molecule has 0 radical (unpaired) electrons. The van der Waals surface area contributed by atoms with Gasteiger partial charge in [0.1, 0.15) is 17.2 Å². The predicted molar refractivity (Wildman–Crippen MR) is 89.9 cm³/mol. The highest BCUT2D eigenvalue weighted by Crippen LogP contribution is 2.51. The molecule has 2 saturated heterocycles. The lowest BCUT2D eigenvalue weighted by atomic mass is 9.96. The number of hydrogen-bond donors (Lipinski definition) is 2. The number of nitrogens with zero attached hydrogens (tertiary/aromatic N) is 3. The summed E-state index contributed by atoms with van der Waals surface area (Å²) >= 11 is 1.35. The summed E-state index contributed by atoms with van der Waals surface area (Å²) < 4.78 is -0.649. The molecule has 3 atom stereocenters. The maximum absolute atomic E-state index is 12.3. The number of hydrogen-bond acceptors (Lipinski definition) is 7. The highest BCUT2D eigenvalue weighted by molar-refractivity contribution is 8.01. The lowest BCUT2D eigenvalue weighted by Crippen LogP contribution is -2.64. The Balaban J connectivity index is 1.83. The van der Waals surface area contributed by atoms with Gasteiger partial charge >= 0.3 is 5.97 Å². The van der Waals surface area contributed by atoms with E-state index >= 15 is 0 Å². The van der Waals surface area contributed by atoms with Gasteiger partial charge in [0.15, 0.2) is 6.04 Å². The fraction of sp³-hybridized carbons (Fsp3) is 0.400. The van der Waals surface area contributed by atoms with Crippen LogP contribution < -0.4 is 0 Å². The van der Waals surface area contributed by atoms with Crippen molar-refractivity contribution >= 4 is 35.5 Å². The zero-order valence-corrected chi connectivity index (χ0v) is 14.1. The maximum atomic E-state index is 12.3. The molecule has 2 fully saturated rings. The number of aromatic hydroxyl groups is 1. The number of aliphatic carboxylic acids is 1. The number of amides is 1. The Kier molecular flexibility index (Phi) is 3.94. The molecule has 132 valence electrons. The zero-order chi connectivity index (χ0) is 18.5. The Morgan fingerprint density at radius 2 is 2.16 bits per heavy atom. The molecule has 3 rings (SSSR count). The SMILES string of the molecule is CC1(C)SC2C(N=Cc3cc([N+](=O)[O-])ccc3O)C(=O)N2C1C(=O)O. The zero-order valence-electron chi connectivity index (χ0n) is 13.3. The fourth-order valence-corrected chi connectivity index (χ4v) is 4.67. The highest BCUT2D eigenvalue weighted by Gasteiger charge is 2.63. The van der Waals surface area contributed by atoms with Crippen LogP contribution in [0.1, 0.15) is 19.4 Å². The first-order chi connectivity index (χ1) is 11.6. The average Bonchev–Trinajstić information content (AvgIpc) is 2.77. The molecule has 1 aromatic carbocycles. The van der Waals surface area contributed by atoms with Gasteiger partial charge in [0.25, 0.3) is 11.6 Å². The van der Waals surface area contributed by atoms with Crippen LogP contribution in [0.25, 0.3) is 0 Å². The number of nitro groups is 1. The largest absolute Gasteiger partial charge is 0.507 e. The van der Waals surface area contributed by atoms with Crippen molar-refractivity contribution in [2.45, 2.75) is 36.1 Å². The molecule has 1 amide bonds. The molecule has 0 spiro atoms. The molecule has 25 heavy (non-hydrogen) atoms. The van der Waals surface area contributed by atoms with E-state index in [2.05, 4.69) is 4.99 Å². The minimum atomic E-state index is -1.06. The number of non-ortho nitro benzene ring substituents is 1. The third-order valence-electron chi connectivity index (χ3n) is 4.24. The number of β-lactam (4-membered cyclic amide) rings is 1. The molecule has 10 heteroatoms. The summed E-state index contributed by atoms with van der Waals surface area (Å²) in [5.74, 6) is -1.66. The Labute approximate surface area is 146 Å². The van der Waals surface area contributed by atoms with E-state index in [1.807, 2.05) is 0 Å². The number of phenols is 1. The second-order valence-electron chi connectivity index (χ2n) is 6.32. The Morgan fingerprint density at radius 3 is 2.76 bits per heavy atom. The molecule has 0 saturated carbocycles. The summed E-state index contributed by atoms with van der Waals surface area (Å²) in [6.07, 6.45) is 1.21. The molecule has 2 aliphatic rings. The molecular weight excluding hydrogens is 350 g/mol. The van der Waals surface area contributed by atoms with Crippen LogP contribution >= 0.6 is 11.8 Å². The number of aliphatic imine (C=N–C) groups is 1. The Hall–Kier alpha value is -2.62. The topological polar surface area (TPSA) is 133 Å². The maximum Gasteiger partial charge on any atom is 0.327 e. The van der Waals surface area contributed by atoms with E-state index < -0.39 is 39.0 Å². The van der Waals surface area contributed by atoms with E-state index in [1.54, 1.807) is 13.8 Å². The summed E-state index contributed by atoms with van der Waals surface area (Å²) in [5, 5.41) is 29.5. The molecule has 3 unspecified atom stereocenters. The summed E-state index contributed by atoms with van der Waals surface area (Å²) in [7, 11) is 0. The third-order valence-corrected chi connectivity index (χ3v) is 5.80. The van der Waals surface area contributed by atoms with E-state index in [0.717, 1.165) is 12.1 Å². The summed E-state index contributed by atoms with van der Waals surface area (Å²) in [4.78, 5) is 39.4. The highest BCUT2D eigenvalue weighted by atomic mass is 32.2. The number of rotatable bonds is 4. The van der Waals surface area contributed by atoms with Crippen LogP contribution in [-0.2, 0) is 9.59 Å². The van der Waals surface area contributed by atoms with Gasteiger partial charge in [0.05, 0.1) is 4.92 Å². The van der Waals surface area contributed by atoms with Gasteiger partial charge in [-0.1, -0.05) is 0 Å². The molecule has 0 aliphatic carbocycles. The number of nitro benzene ring substituents is 1. The van der Waals surface area contributed by atoms with E-state index in [-0.39, 0.29) is 17.0 Å². The lowest BCUT2D eigenvalue weighted by Gasteiger charge is -2.41. The van der Waals surface area contributed by atoms with Crippen molar-refractivity contribution < 1.29 is 24.7 Å². The second-order valence-corrected chi connectivity index (χ2v) is 8.09. The van der Waals surface area contributed by atoms with Crippen molar-refractivity contribution in [1.29, 1.82) is 0 Å². The predicted octanol–water partition coefficient (Wildman–Crippen LogP) is 1.23. The number of phenolic OH excluding ortho intramolecular Hbond substituents is 1. The first-order valence-electron chi connectivity index (χ1n) is 7.37. The standard InChI is InChI=1S/C15H15N3O6S/c1-15(2)11(14(21)22)17-12(20)10(13(17)25-15)16-6-7-5-8(18(23)24)3-4-9(7)19/h3-6,10-11,13,19H,1-2H3,(H,21,22). The van der Waals surface area contributed by atoms with Gasteiger partial charge in [-0.05, 0) is 19.9 Å². The Bertz CT molecular complexity index is 808. The third kappa shape index (κ3) is 2.72. The van der Waals surface area contributed by atoms with Crippen LogP contribution in [0, 0.1) is 10.1 Å². The number of benzene rings is 1. The van der Waals surface area contributed by atoms with Gasteiger partial charge in [0, 0.05) is 28.7 Å². The number of carboxylic acids is 1. The van der Waals surface area contributed by atoms with Crippen LogP contribution in [0.5, 0.6) is 5.75 Å². The van der Waals surface area contributed by atoms with Crippen LogP contribution in [0.2, 0.25) is 0 Å². The van der Waals surface area contributed by atoms with Crippen LogP contribution in [0.15, 0.2) is 23.2 Å². The molecule has 2 heterocycles. The van der Waals surface area contributed by atoms with Gasteiger partial charge in [-0.2, -0.15) is 0 Å². The van der Waals surface area contributed by atoms with E-state index in [0.29, 0.717) is 0 Å². The first kappa shape index (κ1) is 17.2. The van der Waals surface area contributed by atoms with E-state index in [1.165, 1.54) is 28.9 Å². The van der Waals surface area contributed by atoms with Crippen LogP contribution in [0.4, 0.5) is 5.69 Å². The molecule has 2 aliphatic heterocycles. The lowest BCUT2D eigenvalue weighted by molar-refractivity contribution is -0.384. The van der Waals surface area contributed by atoms with Crippen molar-refractivity contribution in [1.82, 2.24) is 4.90 Å². The van der Waals surface area contributed by atoms with E-state index in [4.69, 9.17) is 0 Å². The quantitative estimate of drug-likeness (QED) is 0.355. The van der Waals surface area contributed by atoms with Gasteiger partial charge in [-0.3, -0.25) is 19.9 Å². The summed E-state index contributed by atoms with van der Waals surface area (Å²) in [6, 6.07) is 1.81. The number of carbonyl (C=O) groups is 2. The average molecular weight is 365 g/mol. The van der Waals surface area contributed by atoms with Crippen molar-refractivity contribution in [2.24, 2.45) is 4.99 Å². The second kappa shape index (κ2) is 5.73. The smallest absolute Gasteiger partial charge is 0.327 e. The normalized spacial score (nSPS) is 27.2. The van der Waals surface area contributed by atoms with Crippen LogP contribution in [0.3, 0.4) is 0 Å². The van der Waals surface area contributed by atoms with Gasteiger partial charge in [0.2, 0.25) is 0 Å². The summed E-state index contributed by atoms with van der Waals surface area (Å²) in [6.45, 7) is 3.52. The first-order valence-corrected chi connectivity index (χ1v) is 8.25. The molecule has 0 aromatic heterocycles. The fourth-order valence-electron chi connectivity index (χ4n) is 3.05. The van der Waals surface area contributed by atoms with Crippen molar-refractivity contribution in [2.75, 3.05) is 0 Å². The van der Waals surface area contributed by atoms with Crippen molar-refractivity contribution in [3.63, 3.8) is 0 Å². The van der Waals surface area contributed by atoms with Gasteiger partial charge in [-0.25, -0.2) is 4.79 Å². The number of fused-ring (bicyclic) bond motifs is 1. The molecule has 2 N–H and O–H groups in total. The number of carbonyl (C=O) groups excluding carboxylic acids is 1. The molecule has 1 aromatic rings. The number of carboxylic acid groups (broad SMARTS) is 1. The summed E-state index contributed by atoms with van der Waals surface area (Å²) in [5.41, 5.74) is -0.0828. The van der Waals surface area contributed by atoms with Gasteiger partial charge < -0.3 is 15.1 Å². The van der Waals surface area contributed by atoms with E-state index in [9.17, 15) is 29.9 Å². The van der Waals surface area contributed by atoms with Crippen molar-refractivity contribution in [3.05, 3.63) is 33.9 Å². The van der Waals surface area contributed by atoms with Crippen LogP contribution in [-0.4, -0.2) is 60.3 Å². The van der Waals surface area contributed by atoms with Gasteiger partial charge in [-0.15, -0.1) is 11.8 Å². The Morgan fingerprint density at radius 1 is 1.48 bits per heavy atom. The molecule has 9 nitrogen and oxygen atoms in total. The minimum absolute atomic E-state index is 0.123.